The van der Waals surface area contributed by atoms with E-state index in [1.54, 1.807) is 17.0 Å². The number of likely N-dealkylation sites (tertiary alicyclic amines) is 1. The van der Waals surface area contributed by atoms with Crippen LogP contribution in [0.15, 0.2) is 18.2 Å². The summed E-state index contributed by atoms with van der Waals surface area (Å²) in [7, 11) is 0. The summed E-state index contributed by atoms with van der Waals surface area (Å²) in [4.78, 5) is 25.3. The number of ether oxygens (including phenoxy) is 1. The van der Waals surface area contributed by atoms with Crippen molar-refractivity contribution in [1.29, 1.82) is 0 Å². The number of hydrogen-bond acceptors (Lipinski definition) is 3. The van der Waals surface area contributed by atoms with Gasteiger partial charge in [-0.15, -0.1) is 0 Å². The van der Waals surface area contributed by atoms with Gasteiger partial charge in [-0.2, -0.15) is 0 Å². The molecule has 0 bridgehead atoms. The summed E-state index contributed by atoms with van der Waals surface area (Å²) in [5.41, 5.74) is 0.965. The summed E-state index contributed by atoms with van der Waals surface area (Å²) >= 11 is 11.9. The van der Waals surface area contributed by atoms with Crippen LogP contribution in [0.4, 0.5) is 0 Å². The van der Waals surface area contributed by atoms with E-state index < -0.39 is 11.9 Å². The number of hydrogen-bond donors (Lipinski definition) is 1. The second kappa shape index (κ2) is 7.94. The zero-order valence-corrected chi connectivity index (χ0v) is 15.3. The van der Waals surface area contributed by atoms with E-state index in [1.165, 1.54) is 0 Å². The van der Waals surface area contributed by atoms with Crippen LogP contribution >= 0.6 is 23.2 Å². The normalized spacial score (nSPS) is 24.0. The van der Waals surface area contributed by atoms with Crippen LogP contribution in [0.1, 0.15) is 31.2 Å². The lowest BCUT2D eigenvalue weighted by molar-refractivity contribution is -0.157. The Bertz CT molecular complexity index is 658. The summed E-state index contributed by atoms with van der Waals surface area (Å²) in [6, 6.07) is 5.43. The van der Waals surface area contributed by atoms with Crippen molar-refractivity contribution in [2.75, 3.05) is 13.1 Å². The number of amides is 1. The maximum absolute atomic E-state index is 12.4. The highest BCUT2D eigenvalue weighted by Crippen LogP contribution is 2.36. The number of halogens is 2. The van der Waals surface area contributed by atoms with Gasteiger partial charge in [-0.25, -0.2) is 0 Å². The highest BCUT2D eigenvalue weighted by Gasteiger charge is 2.43. The van der Waals surface area contributed by atoms with Crippen LogP contribution in [0.25, 0.3) is 0 Å². The summed E-state index contributed by atoms with van der Waals surface area (Å²) in [5, 5.41) is 10.1. The quantitative estimate of drug-likeness (QED) is 0.840. The van der Waals surface area contributed by atoms with E-state index >= 15 is 0 Å². The summed E-state index contributed by atoms with van der Waals surface area (Å²) in [5.74, 6) is -1.71. The Hall–Kier alpha value is -1.30. The SMILES string of the molecule is O=C(O)C1CCC1C(=O)N1CCC(OCc2ccc(Cl)c(Cl)c2)CC1. The van der Waals surface area contributed by atoms with Gasteiger partial charge in [0.05, 0.1) is 34.6 Å². The van der Waals surface area contributed by atoms with Crippen LogP contribution in [0.2, 0.25) is 10.0 Å². The lowest BCUT2D eigenvalue weighted by atomic mass is 9.72. The molecule has 5 nitrogen and oxygen atoms in total. The third-order valence-corrected chi connectivity index (χ3v) is 5.87. The Morgan fingerprint density at radius 3 is 2.32 bits per heavy atom. The Morgan fingerprint density at radius 2 is 1.76 bits per heavy atom. The van der Waals surface area contributed by atoms with Crippen molar-refractivity contribution in [3.05, 3.63) is 33.8 Å². The zero-order chi connectivity index (χ0) is 18.0. The average Bonchev–Trinajstić information content (AvgIpc) is 2.55. The standard InChI is InChI=1S/C18H21Cl2NO4/c19-15-4-1-11(9-16(15)20)10-25-12-5-7-21(8-6-12)17(22)13-2-3-14(13)18(23)24/h1,4,9,12-14H,2-3,5-8,10H2,(H,23,24). The minimum atomic E-state index is -0.857. The number of carbonyl (C=O) groups excluding carboxylic acids is 1. The molecule has 1 aliphatic carbocycles. The number of nitrogens with zero attached hydrogens (tertiary/aromatic N) is 1. The van der Waals surface area contributed by atoms with E-state index in [9.17, 15) is 9.59 Å². The maximum atomic E-state index is 12.4. The van der Waals surface area contributed by atoms with Crippen molar-refractivity contribution in [1.82, 2.24) is 4.90 Å². The lowest BCUT2D eigenvalue weighted by Crippen LogP contribution is -2.49. The van der Waals surface area contributed by atoms with Crippen molar-refractivity contribution in [3.63, 3.8) is 0 Å². The first-order chi connectivity index (χ1) is 12.0. The fraction of sp³-hybridized carbons (Fsp3) is 0.556. The van der Waals surface area contributed by atoms with Gasteiger partial charge in [0.2, 0.25) is 5.91 Å². The van der Waals surface area contributed by atoms with Crippen molar-refractivity contribution in [2.24, 2.45) is 11.8 Å². The van der Waals surface area contributed by atoms with Gasteiger partial charge in [-0.1, -0.05) is 29.3 Å². The number of carboxylic acids is 1. The van der Waals surface area contributed by atoms with Crippen molar-refractivity contribution in [2.45, 2.75) is 38.4 Å². The van der Waals surface area contributed by atoms with E-state index in [1.807, 2.05) is 6.07 Å². The number of benzene rings is 1. The highest BCUT2D eigenvalue weighted by molar-refractivity contribution is 6.42. The second-order valence-electron chi connectivity index (χ2n) is 6.71. The maximum Gasteiger partial charge on any atom is 0.307 e. The molecule has 2 aliphatic rings. The first-order valence-corrected chi connectivity index (χ1v) is 9.28. The topological polar surface area (TPSA) is 66.8 Å². The van der Waals surface area contributed by atoms with Crippen LogP contribution in [-0.4, -0.2) is 41.1 Å². The molecule has 1 aliphatic heterocycles. The van der Waals surface area contributed by atoms with E-state index in [0.717, 1.165) is 18.4 Å². The molecule has 1 saturated carbocycles. The number of aliphatic carboxylic acids is 1. The fourth-order valence-electron chi connectivity index (χ4n) is 3.41. The van der Waals surface area contributed by atoms with E-state index in [-0.39, 0.29) is 17.9 Å². The molecule has 1 amide bonds. The molecule has 25 heavy (non-hydrogen) atoms. The summed E-state index contributed by atoms with van der Waals surface area (Å²) in [6.45, 7) is 1.70. The number of piperidine rings is 1. The van der Waals surface area contributed by atoms with Crippen LogP contribution in [0.3, 0.4) is 0 Å². The minimum Gasteiger partial charge on any atom is -0.481 e. The molecule has 0 aromatic heterocycles. The van der Waals surface area contributed by atoms with E-state index in [4.69, 9.17) is 33.0 Å². The van der Waals surface area contributed by atoms with Gasteiger partial charge in [0, 0.05) is 13.1 Å². The first-order valence-electron chi connectivity index (χ1n) is 8.53. The summed E-state index contributed by atoms with van der Waals surface area (Å²) in [6.07, 6.45) is 2.91. The Labute approximate surface area is 156 Å². The molecule has 1 aromatic rings. The van der Waals surface area contributed by atoms with Gasteiger partial charge in [0.25, 0.3) is 0 Å². The molecule has 0 spiro atoms. The predicted molar refractivity (Wildman–Crippen MR) is 94.7 cm³/mol. The molecule has 0 radical (unpaired) electrons. The molecule has 2 fully saturated rings. The Balaban J connectivity index is 1.45. The third-order valence-electron chi connectivity index (χ3n) is 5.13. The molecule has 1 aromatic carbocycles. The fourth-order valence-corrected chi connectivity index (χ4v) is 3.73. The number of carboxylic acid groups (broad SMARTS) is 1. The van der Waals surface area contributed by atoms with Crippen molar-refractivity contribution >= 4 is 35.1 Å². The largest absolute Gasteiger partial charge is 0.481 e. The van der Waals surface area contributed by atoms with E-state index in [2.05, 4.69) is 0 Å². The third kappa shape index (κ3) is 4.27. The molecular formula is C18H21Cl2NO4. The van der Waals surface area contributed by atoms with Crippen LogP contribution in [0, 0.1) is 11.8 Å². The molecule has 2 atom stereocenters. The Kier molecular flexibility index (Phi) is 5.87. The zero-order valence-electron chi connectivity index (χ0n) is 13.8. The van der Waals surface area contributed by atoms with Gasteiger partial charge in [0.1, 0.15) is 0 Å². The predicted octanol–water partition coefficient (Wildman–Crippen LogP) is 3.61. The molecule has 7 heteroatoms. The number of carbonyl (C=O) groups is 2. The van der Waals surface area contributed by atoms with Gasteiger partial charge < -0.3 is 14.7 Å². The van der Waals surface area contributed by atoms with Gasteiger partial charge in [-0.05, 0) is 43.4 Å². The first kappa shape index (κ1) is 18.5. The number of rotatable bonds is 5. The van der Waals surface area contributed by atoms with Gasteiger partial charge in [-0.3, -0.25) is 9.59 Å². The lowest BCUT2D eigenvalue weighted by Gasteiger charge is -2.39. The molecule has 1 heterocycles. The summed E-state index contributed by atoms with van der Waals surface area (Å²) < 4.78 is 5.92. The van der Waals surface area contributed by atoms with Crippen molar-refractivity contribution < 1.29 is 19.4 Å². The molecule has 1 N–H and O–H groups in total. The minimum absolute atomic E-state index is 0.0124. The van der Waals surface area contributed by atoms with Gasteiger partial charge >= 0.3 is 5.97 Å². The molecule has 136 valence electrons. The van der Waals surface area contributed by atoms with Crippen LogP contribution in [-0.2, 0) is 20.9 Å². The van der Waals surface area contributed by atoms with Crippen LogP contribution in [0.5, 0.6) is 0 Å². The van der Waals surface area contributed by atoms with E-state index in [0.29, 0.717) is 42.6 Å². The second-order valence-corrected chi connectivity index (χ2v) is 7.53. The molecular weight excluding hydrogens is 365 g/mol. The molecule has 3 rings (SSSR count). The highest BCUT2D eigenvalue weighted by atomic mass is 35.5. The van der Waals surface area contributed by atoms with Gasteiger partial charge in [0.15, 0.2) is 0 Å². The van der Waals surface area contributed by atoms with Crippen LogP contribution < -0.4 is 0 Å². The van der Waals surface area contributed by atoms with Crippen molar-refractivity contribution in [3.8, 4) is 0 Å². The Morgan fingerprint density at radius 1 is 1.08 bits per heavy atom. The smallest absolute Gasteiger partial charge is 0.307 e. The molecule has 1 saturated heterocycles. The average molecular weight is 386 g/mol. The monoisotopic (exact) mass is 385 g/mol. The molecule has 2 unspecified atom stereocenters.